The van der Waals surface area contributed by atoms with E-state index in [1.54, 1.807) is 18.2 Å². The van der Waals surface area contributed by atoms with Crippen molar-refractivity contribution < 1.29 is 9.18 Å². The molecule has 1 aliphatic rings. The van der Waals surface area contributed by atoms with Crippen molar-refractivity contribution in [3.8, 4) is 6.07 Å². The lowest BCUT2D eigenvalue weighted by molar-refractivity contribution is -0.111. The van der Waals surface area contributed by atoms with Gasteiger partial charge >= 0.3 is 0 Å². The van der Waals surface area contributed by atoms with E-state index in [0.717, 1.165) is 36.8 Å². The van der Waals surface area contributed by atoms with Gasteiger partial charge in [0.25, 0.3) is 0 Å². The molecule has 1 aromatic heterocycles. The van der Waals surface area contributed by atoms with Gasteiger partial charge in [-0.1, -0.05) is 25.5 Å². The maximum atomic E-state index is 12.9. The molecular formula is C20H19FN2OS. The second kappa shape index (κ2) is 7.62. The monoisotopic (exact) mass is 354 g/mol. The SMILES string of the molecule is CCC1CCc2c(sc(NC(=O)C=Cc3ccc(F)cc3)c2C#N)C1. The molecule has 3 nitrogen and oxygen atoms in total. The van der Waals surface area contributed by atoms with Crippen LogP contribution in [0.2, 0.25) is 0 Å². The zero-order chi connectivity index (χ0) is 17.8. The van der Waals surface area contributed by atoms with Crippen LogP contribution in [0.3, 0.4) is 0 Å². The number of hydrogen-bond acceptors (Lipinski definition) is 3. The first-order valence-corrected chi connectivity index (χ1v) is 9.21. The molecule has 1 unspecified atom stereocenters. The number of carbonyl (C=O) groups excluding carboxylic acids is 1. The van der Waals surface area contributed by atoms with Crippen molar-refractivity contribution in [3.05, 3.63) is 57.7 Å². The van der Waals surface area contributed by atoms with Crippen LogP contribution in [0.1, 0.15) is 41.3 Å². The number of anilines is 1. The van der Waals surface area contributed by atoms with Gasteiger partial charge < -0.3 is 5.32 Å². The highest BCUT2D eigenvalue weighted by Crippen LogP contribution is 2.39. The first-order chi connectivity index (χ1) is 12.1. The Morgan fingerprint density at radius 3 is 2.88 bits per heavy atom. The summed E-state index contributed by atoms with van der Waals surface area (Å²) >= 11 is 1.52. The number of nitrogens with one attached hydrogen (secondary N) is 1. The quantitative estimate of drug-likeness (QED) is 0.792. The van der Waals surface area contributed by atoms with Gasteiger partial charge in [0.1, 0.15) is 16.9 Å². The third-order valence-electron chi connectivity index (χ3n) is 4.59. The smallest absolute Gasteiger partial charge is 0.249 e. The van der Waals surface area contributed by atoms with Crippen LogP contribution < -0.4 is 5.32 Å². The number of nitrogens with zero attached hydrogens (tertiary/aromatic N) is 1. The molecule has 0 saturated heterocycles. The molecule has 0 radical (unpaired) electrons. The summed E-state index contributed by atoms with van der Waals surface area (Å²) in [6.07, 6.45) is 7.18. The molecule has 25 heavy (non-hydrogen) atoms. The van der Waals surface area contributed by atoms with Crippen molar-refractivity contribution in [2.75, 3.05) is 5.32 Å². The molecule has 0 bridgehead atoms. The lowest BCUT2D eigenvalue weighted by atomic mass is 9.86. The van der Waals surface area contributed by atoms with Gasteiger partial charge in [0.05, 0.1) is 5.56 Å². The molecule has 2 aromatic rings. The minimum atomic E-state index is -0.310. The summed E-state index contributed by atoms with van der Waals surface area (Å²) in [4.78, 5) is 13.4. The Morgan fingerprint density at radius 2 is 2.20 bits per heavy atom. The van der Waals surface area contributed by atoms with Crippen LogP contribution >= 0.6 is 11.3 Å². The zero-order valence-corrected chi connectivity index (χ0v) is 14.8. The molecule has 0 spiro atoms. The Morgan fingerprint density at radius 1 is 1.44 bits per heavy atom. The number of thiophene rings is 1. The predicted molar refractivity (Wildman–Crippen MR) is 98.9 cm³/mol. The molecule has 0 aliphatic heterocycles. The van der Waals surface area contributed by atoms with Crippen LogP contribution in [0.5, 0.6) is 0 Å². The number of benzene rings is 1. The summed E-state index contributed by atoms with van der Waals surface area (Å²) in [5.41, 5.74) is 2.46. The van der Waals surface area contributed by atoms with Crippen LogP contribution in [0.15, 0.2) is 30.3 Å². The maximum Gasteiger partial charge on any atom is 0.249 e. The molecule has 0 saturated carbocycles. The van der Waals surface area contributed by atoms with E-state index >= 15 is 0 Å². The van der Waals surface area contributed by atoms with Gasteiger partial charge in [-0.15, -0.1) is 11.3 Å². The Kier molecular flexibility index (Phi) is 5.30. The van der Waals surface area contributed by atoms with Gasteiger partial charge in [-0.2, -0.15) is 5.26 Å². The molecule has 1 atom stereocenters. The van der Waals surface area contributed by atoms with E-state index in [4.69, 9.17) is 0 Å². The highest BCUT2D eigenvalue weighted by atomic mass is 32.1. The lowest BCUT2D eigenvalue weighted by Gasteiger charge is -2.20. The average molecular weight is 354 g/mol. The van der Waals surface area contributed by atoms with Crippen LogP contribution in [-0.4, -0.2) is 5.91 Å². The van der Waals surface area contributed by atoms with Crippen LogP contribution in [0, 0.1) is 23.1 Å². The third kappa shape index (κ3) is 3.97. The fourth-order valence-electron chi connectivity index (χ4n) is 3.11. The van der Waals surface area contributed by atoms with Gasteiger partial charge in [0, 0.05) is 11.0 Å². The average Bonchev–Trinajstić information content (AvgIpc) is 2.97. The molecule has 3 rings (SSSR count). The van der Waals surface area contributed by atoms with Crippen molar-refractivity contribution in [2.24, 2.45) is 5.92 Å². The summed E-state index contributed by atoms with van der Waals surface area (Å²) in [6, 6.07) is 8.16. The molecule has 1 aliphatic carbocycles. The Balaban J connectivity index is 1.74. The summed E-state index contributed by atoms with van der Waals surface area (Å²) in [6.45, 7) is 2.19. The van der Waals surface area contributed by atoms with Crippen molar-refractivity contribution in [1.29, 1.82) is 5.26 Å². The summed E-state index contributed by atoms with van der Waals surface area (Å²) in [7, 11) is 0. The highest BCUT2D eigenvalue weighted by Gasteiger charge is 2.25. The zero-order valence-electron chi connectivity index (χ0n) is 14.0. The number of rotatable bonds is 4. The fourth-order valence-corrected chi connectivity index (χ4v) is 4.42. The number of halogens is 1. The number of carbonyl (C=O) groups is 1. The summed E-state index contributed by atoms with van der Waals surface area (Å²) < 4.78 is 12.9. The Bertz CT molecular complexity index is 846. The second-order valence-corrected chi connectivity index (χ2v) is 7.32. The van der Waals surface area contributed by atoms with Gasteiger partial charge in [0.15, 0.2) is 0 Å². The number of amides is 1. The number of hydrogen-bond donors (Lipinski definition) is 1. The first kappa shape index (κ1) is 17.4. The van der Waals surface area contributed by atoms with Gasteiger partial charge in [0.2, 0.25) is 5.91 Å². The lowest BCUT2D eigenvalue weighted by Crippen LogP contribution is -2.12. The minimum absolute atomic E-state index is 0.286. The van der Waals surface area contributed by atoms with E-state index in [-0.39, 0.29) is 11.7 Å². The highest BCUT2D eigenvalue weighted by molar-refractivity contribution is 7.16. The fraction of sp³-hybridized carbons (Fsp3) is 0.300. The van der Waals surface area contributed by atoms with Gasteiger partial charge in [-0.25, -0.2) is 4.39 Å². The van der Waals surface area contributed by atoms with Gasteiger partial charge in [-0.05, 0) is 54.5 Å². The molecule has 5 heteroatoms. The number of nitriles is 1. The van der Waals surface area contributed by atoms with Crippen LogP contribution in [0.4, 0.5) is 9.39 Å². The largest absolute Gasteiger partial charge is 0.313 e. The van der Waals surface area contributed by atoms with E-state index in [1.165, 1.54) is 34.4 Å². The van der Waals surface area contributed by atoms with Crippen molar-refractivity contribution in [3.63, 3.8) is 0 Å². The normalized spacial score (nSPS) is 16.4. The molecule has 0 fully saturated rings. The van der Waals surface area contributed by atoms with E-state index < -0.39 is 0 Å². The Labute approximate surface area is 150 Å². The molecule has 128 valence electrons. The van der Waals surface area contributed by atoms with Crippen LogP contribution in [-0.2, 0) is 17.6 Å². The molecule has 1 heterocycles. The minimum Gasteiger partial charge on any atom is -0.313 e. The van der Waals surface area contributed by atoms with E-state index in [0.29, 0.717) is 16.5 Å². The molecule has 1 N–H and O–H groups in total. The van der Waals surface area contributed by atoms with Crippen molar-refractivity contribution in [2.45, 2.75) is 32.6 Å². The first-order valence-electron chi connectivity index (χ1n) is 8.40. The number of fused-ring (bicyclic) bond motifs is 1. The summed E-state index contributed by atoms with van der Waals surface area (Å²) in [5, 5.41) is 13.0. The van der Waals surface area contributed by atoms with Crippen molar-refractivity contribution >= 4 is 28.3 Å². The third-order valence-corrected chi connectivity index (χ3v) is 5.76. The molecule has 1 aromatic carbocycles. The van der Waals surface area contributed by atoms with Crippen molar-refractivity contribution in [1.82, 2.24) is 0 Å². The van der Waals surface area contributed by atoms with E-state index in [2.05, 4.69) is 18.3 Å². The second-order valence-electron chi connectivity index (χ2n) is 6.21. The topological polar surface area (TPSA) is 52.9 Å². The summed E-state index contributed by atoms with van der Waals surface area (Å²) in [5.74, 6) is 0.0703. The predicted octanol–water partition coefficient (Wildman–Crippen LogP) is 4.93. The molecule has 1 amide bonds. The Hall–Kier alpha value is -2.45. The standard InChI is InChI=1S/C20H19FN2OS/c1-2-13-5-9-16-17(12-22)20(25-18(16)11-13)23-19(24)10-6-14-3-7-15(21)8-4-14/h3-4,6-8,10,13H,2,5,9,11H2,1H3,(H,23,24). The maximum absolute atomic E-state index is 12.9. The van der Waals surface area contributed by atoms with Gasteiger partial charge in [-0.3, -0.25) is 4.79 Å². The molecular weight excluding hydrogens is 335 g/mol. The van der Waals surface area contributed by atoms with E-state index in [9.17, 15) is 14.4 Å². The van der Waals surface area contributed by atoms with Crippen LogP contribution in [0.25, 0.3) is 6.08 Å². The van der Waals surface area contributed by atoms with E-state index in [1.807, 2.05) is 0 Å².